The lowest BCUT2D eigenvalue weighted by molar-refractivity contribution is -0.124. The molecule has 0 saturated carbocycles. The second-order valence-corrected chi connectivity index (χ2v) is 8.73. The summed E-state index contributed by atoms with van der Waals surface area (Å²) >= 11 is 0. The number of carbonyl (C=O) groups excluding carboxylic acids is 3. The summed E-state index contributed by atoms with van der Waals surface area (Å²) in [5.41, 5.74) is 1.30. The van der Waals surface area contributed by atoms with Gasteiger partial charge in [-0.05, 0) is 45.6 Å². The number of carbonyl (C=O) groups is 3. The van der Waals surface area contributed by atoms with Crippen LogP contribution in [-0.4, -0.2) is 62.3 Å². The van der Waals surface area contributed by atoms with Crippen molar-refractivity contribution in [1.29, 1.82) is 0 Å². The Balaban J connectivity index is 1.66. The molecular formula is C24H31N3O5. The van der Waals surface area contributed by atoms with E-state index in [9.17, 15) is 14.4 Å². The normalized spacial score (nSPS) is 22.4. The van der Waals surface area contributed by atoms with Crippen molar-refractivity contribution in [2.75, 3.05) is 31.2 Å². The van der Waals surface area contributed by atoms with E-state index in [1.807, 2.05) is 32.0 Å². The van der Waals surface area contributed by atoms with Crippen molar-refractivity contribution in [3.8, 4) is 0 Å². The highest BCUT2D eigenvalue weighted by Gasteiger charge is 2.39. The molecule has 1 aromatic rings. The fourth-order valence-corrected chi connectivity index (χ4v) is 4.53. The molecule has 3 amide bonds. The van der Waals surface area contributed by atoms with Gasteiger partial charge in [0.05, 0.1) is 23.5 Å². The molecule has 3 heterocycles. The Labute approximate surface area is 188 Å². The number of para-hydroxylation sites is 1. The van der Waals surface area contributed by atoms with Crippen molar-refractivity contribution in [1.82, 2.24) is 10.6 Å². The second kappa shape index (κ2) is 9.83. The van der Waals surface area contributed by atoms with Gasteiger partial charge in [0.25, 0.3) is 17.7 Å². The van der Waals surface area contributed by atoms with Crippen LogP contribution < -0.4 is 15.5 Å². The van der Waals surface area contributed by atoms with E-state index in [0.717, 1.165) is 25.7 Å². The van der Waals surface area contributed by atoms with Crippen molar-refractivity contribution in [3.63, 3.8) is 0 Å². The number of anilines is 1. The van der Waals surface area contributed by atoms with Gasteiger partial charge in [-0.2, -0.15) is 0 Å². The predicted octanol–water partition coefficient (Wildman–Crippen LogP) is 1.79. The van der Waals surface area contributed by atoms with Gasteiger partial charge in [-0.15, -0.1) is 0 Å². The molecule has 172 valence electrons. The number of amides is 3. The first kappa shape index (κ1) is 22.5. The molecule has 0 aromatic heterocycles. The molecule has 3 aliphatic rings. The Kier molecular flexibility index (Phi) is 6.91. The van der Waals surface area contributed by atoms with Gasteiger partial charge in [-0.3, -0.25) is 14.4 Å². The molecule has 8 heteroatoms. The van der Waals surface area contributed by atoms with Crippen LogP contribution in [0.1, 0.15) is 45.1 Å². The first-order chi connectivity index (χ1) is 15.5. The Hall–Kier alpha value is -2.71. The topological polar surface area (TPSA) is 97.0 Å². The zero-order chi connectivity index (χ0) is 22.7. The van der Waals surface area contributed by atoms with E-state index < -0.39 is 11.8 Å². The summed E-state index contributed by atoms with van der Waals surface area (Å²) in [6.45, 7) is 5.77. The number of hydrogen-bond donors (Lipinski definition) is 2. The standard InChI is InChI=1S/C24H31N3O5/c1-15(2)27-19-10-4-3-9-18(19)20(24(27)30)21(22(28)25-13-16-7-5-11-31-16)23(29)26-14-17-8-6-12-32-17/h3-4,9-10,15-17H,5-8,11-14H2,1-2H3,(H,25,28)(H,26,29). The Bertz CT molecular complexity index is 880. The van der Waals surface area contributed by atoms with Gasteiger partial charge in [0, 0.05) is 37.9 Å². The van der Waals surface area contributed by atoms with Crippen LogP contribution in [0.2, 0.25) is 0 Å². The molecule has 4 rings (SSSR count). The van der Waals surface area contributed by atoms with E-state index in [0.29, 0.717) is 37.6 Å². The lowest BCUT2D eigenvalue weighted by atomic mass is 9.99. The molecule has 32 heavy (non-hydrogen) atoms. The van der Waals surface area contributed by atoms with Gasteiger partial charge in [-0.1, -0.05) is 18.2 Å². The van der Waals surface area contributed by atoms with Crippen LogP contribution >= 0.6 is 0 Å². The highest BCUT2D eigenvalue weighted by Crippen LogP contribution is 2.39. The maximum Gasteiger partial charge on any atom is 0.260 e. The largest absolute Gasteiger partial charge is 0.376 e. The summed E-state index contributed by atoms with van der Waals surface area (Å²) < 4.78 is 11.2. The Morgan fingerprint density at radius 1 is 1.00 bits per heavy atom. The maximum atomic E-state index is 13.4. The zero-order valence-electron chi connectivity index (χ0n) is 18.7. The molecule has 2 unspecified atom stereocenters. The highest BCUT2D eigenvalue weighted by molar-refractivity contribution is 6.42. The first-order valence-electron chi connectivity index (χ1n) is 11.4. The molecule has 0 aliphatic carbocycles. The van der Waals surface area contributed by atoms with Gasteiger partial charge in [0.2, 0.25) is 0 Å². The van der Waals surface area contributed by atoms with Crippen LogP contribution in [0, 0.1) is 0 Å². The zero-order valence-corrected chi connectivity index (χ0v) is 18.7. The minimum absolute atomic E-state index is 0.0705. The van der Waals surface area contributed by atoms with Gasteiger partial charge < -0.3 is 25.0 Å². The van der Waals surface area contributed by atoms with E-state index in [4.69, 9.17) is 9.47 Å². The summed E-state index contributed by atoms with van der Waals surface area (Å²) in [6.07, 6.45) is 3.48. The number of fused-ring (bicyclic) bond motifs is 1. The van der Waals surface area contributed by atoms with Crippen molar-refractivity contribution >= 4 is 29.0 Å². The number of nitrogens with zero attached hydrogens (tertiary/aromatic N) is 1. The number of ether oxygens (including phenoxy) is 2. The van der Waals surface area contributed by atoms with Crippen LogP contribution in [0.25, 0.3) is 5.57 Å². The minimum Gasteiger partial charge on any atom is -0.376 e. The number of hydrogen-bond acceptors (Lipinski definition) is 5. The van der Waals surface area contributed by atoms with Crippen LogP contribution in [0.4, 0.5) is 5.69 Å². The molecule has 2 N–H and O–H groups in total. The average Bonchev–Trinajstić information content (AvgIpc) is 3.52. The third kappa shape index (κ3) is 4.56. The monoisotopic (exact) mass is 441 g/mol. The number of benzene rings is 1. The summed E-state index contributed by atoms with van der Waals surface area (Å²) in [5.74, 6) is -1.46. The molecule has 2 fully saturated rings. The van der Waals surface area contributed by atoms with E-state index in [2.05, 4.69) is 10.6 Å². The van der Waals surface area contributed by atoms with Crippen molar-refractivity contribution in [3.05, 3.63) is 35.4 Å². The smallest absolute Gasteiger partial charge is 0.260 e. The molecular weight excluding hydrogens is 410 g/mol. The summed E-state index contributed by atoms with van der Waals surface area (Å²) in [7, 11) is 0. The molecule has 2 saturated heterocycles. The molecule has 2 atom stereocenters. The van der Waals surface area contributed by atoms with E-state index in [1.54, 1.807) is 11.0 Å². The fraction of sp³-hybridized carbons (Fsp3) is 0.542. The van der Waals surface area contributed by atoms with Crippen LogP contribution in [0.3, 0.4) is 0 Å². The Morgan fingerprint density at radius 3 is 2.06 bits per heavy atom. The predicted molar refractivity (Wildman–Crippen MR) is 120 cm³/mol. The molecule has 0 bridgehead atoms. The molecule has 0 spiro atoms. The number of rotatable bonds is 7. The minimum atomic E-state index is -0.561. The fourth-order valence-electron chi connectivity index (χ4n) is 4.53. The van der Waals surface area contributed by atoms with E-state index >= 15 is 0 Å². The molecule has 1 aromatic carbocycles. The molecule has 8 nitrogen and oxygen atoms in total. The lowest BCUT2D eigenvalue weighted by Crippen LogP contribution is -2.41. The first-order valence-corrected chi connectivity index (χ1v) is 11.4. The van der Waals surface area contributed by atoms with Crippen LogP contribution in [0.15, 0.2) is 29.8 Å². The third-order valence-electron chi connectivity index (χ3n) is 6.11. The lowest BCUT2D eigenvalue weighted by Gasteiger charge is -2.21. The third-order valence-corrected chi connectivity index (χ3v) is 6.11. The maximum absolute atomic E-state index is 13.4. The summed E-state index contributed by atoms with van der Waals surface area (Å²) in [6, 6.07) is 7.16. The van der Waals surface area contributed by atoms with Gasteiger partial charge >= 0.3 is 0 Å². The second-order valence-electron chi connectivity index (χ2n) is 8.73. The van der Waals surface area contributed by atoms with Gasteiger partial charge in [0.1, 0.15) is 5.57 Å². The quantitative estimate of drug-likeness (QED) is 0.382. The van der Waals surface area contributed by atoms with Gasteiger partial charge in [-0.25, -0.2) is 0 Å². The van der Waals surface area contributed by atoms with Crippen molar-refractivity contribution < 1.29 is 23.9 Å². The van der Waals surface area contributed by atoms with E-state index in [-0.39, 0.29) is 35.3 Å². The molecule has 3 aliphatic heterocycles. The summed E-state index contributed by atoms with van der Waals surface area (Å²) in [4.78, 5) is 41.6. The van der Waals surface area contributed by atoms with E-state index in [1.165, 1.54) is 0 Å². The number of nitrogens with one attached hydrogen (secondary N) is 2. The SMILES string of the molecule is CC(C)N1C(=O)C(=C(C(=O)NCC2CCCO2)C(=O)NCC2CCCO2)c2ccccc21. The van der Waals surface area contributed by atoms with Crippen molar-refractivity contribution in [2.24, 2.45) is 0 Å². The average molecular weight is 442 g/mol. The van der Waals surface area contributed by atoms with Gasteiger partial charge in [0.15, 0.2) is 0 Å². The highest BCUT2D eigenvalue weighted by atomic mass is 16.5. The van der Waals surface area contributed by atoms with Crippen molar-refractivity contribution in [2.45, 2.75) is 57.8 Å². The summed E-state index contributed by atoms with van der Waals surface area (Å²) in [5, 5.41) is 5.64. The van der Waals surface area contributed by atoms with Crippen LogP contribution in [0.5, 0.6) is 0 Å². The molecule has 0 radical (unpaired) electrons. The Morgan fingerprint density at radius 2 is 1.56 bits per heavy atom. The van der Waals surface area contributed by atoms with Crippen LogP contribution in [-0.2, 0) is 23.9 Å².